The van der Waals surface area contributed by atoms with Crippen LogP contribution in [0.1, 0.15) is 17.3 Å². The minimum Gasteiger partial charge on any atom is -0.478 e. The highest BCUT2D eigenvalue weighted by atomic mass is 16.4. The van der Waals surface area contributed by atoms with Crippen LogP contribution in [0.25, 0.3) is 11.4 Å². The van der Waals surface area contributed by atoms with Gasteiger partial charge in [-0.25, -0.2) is 4.79 Å². The Balaban J connectivity index is 2.54. The third-order valence-corrected chi connectivity index (χ3v) is 2.14. The zero-order valence-corrected chi connectivity index (χ0v) is 8.14. The molecular weight excluding hydrogens is 196 g/mol. The molecule has 78 valence electrons. The van der Waals surface area contributed by atoms with Crippen LogP contribution in [0.2, 0.25) is 0 Å². The van der Waals surface area contributed by atoms with Gasteiger partial charge in [0.1, 0.15) is 5.56 Å². The van der Waals surface area contributed by atoms with Crippen molar-refractivity contribution in [1.29, 1.82) is 0 Å². The van der Waals surface area contributed by atoms with Crippen LogP contribution in [-0.4, -0.2) is 31.1 Å². The molecule has 2 N–H and O–H groups in total. The number of carbonyl (C=O) groups is 1. The molecule has 0 aromatic carbocycles. The van der Waals surface area contributed by atoms with Gasteiger partial charge in [-0.3, -0.25) is 9.78 Å². The highest BCUT2D eigenvalue weighted by Gasteiger charge is 2.16. The van der Waals surface area contributed by atoms with E-state index in [2.05, 4.69) is 15.3 Å². The summed E-state index contributed by atoms with van der Waals surface area (Å²) in [4.78, 5) is 10.9. The number of hydrogen-bond donors (Lipinski definition) is 2. The van der Waals surface area contributed by atoms with Crippen molar-refractivity contribution in [3.8, 4) is 11.4 Å². The topological polar surface area (TPSA) is 83.8 Å². The molecular formula is C9H10N4O2. The van der Waals surface area contributed by atoms with Gasteiger partial charge < -0.3 is 5.11 Å². The average Bonchev–Trinajstić information content (AvgIpc) is 2.85. The summed E-state index contributed by atoms with van der Waals surface area (Å²) >= 11 is 0. The van der Waals surface area contributed by atoms with Crippen LogP contribution in [0.4, 0.5) is 0 Å². The first-order valence-corrected chi connectivity index (χ1v) is 4.53. The van der Waals surface area contributed by atoms with Crippen molar-refractivity contribution in [2.45, 2.75) is 13.5 Å². The van der Waals surface area contributed by atoms with E-state index in [4.69, 9.17) is 5.11 Å². The zero-order chi connectivity index (χ0) is 10.8. The fraction of sp³-hybridized carbons (Fsp3) is 0.222. The first-order valence-electron chi connectivity index (χ1n) is 4.53. The Morgan fingerprint density at radius 1 is 1.67 bits per heavy atom. The zero-order valence-electron chi connectivity index (χ0n) is 8.14. The lowest BCUT2D eigenvalue weighted by molar-refractivity contribution is 0.0698. The van der Waals surface area contributed by atoms with E-state index in [0.29, 0.717) is 12.2 Å². The number of carboxylic acid groups (broad SMARTS) is 1. The van der Waals surface area contributed by atoms with Crippen molar-refractivity contribution in [3.63, 3.8) is 0 Å². The largest absolute Gasteiger partial charge is 0.478 e. The van der Waals surface area contributed by atoms with Gasteiger partial charge >= 0.3 is 5.97 Å². The summed E-state index contributed by atoms with van der Waals surface area (Å²) in [6.07, 6.45) is 2.93. The number of rotatable bonds is 3. The molecule has 0 atom stereocenters. The van der Waals surface area contributed by atoms with Crippen molar-refractivity contribution < 1.29 is 9.90 Å². The van der Waals surface area contributed by atoms with Crippen molar-refractivity contribution in [3.05, 3.63) is 24.0 Å². The minimum absolute atomic E-state index is 0.158. The molecule has 0 bridgehead atoms. The Labute approximate surface area is 85.5 Å². The van der Waals surface area contributed by atoms with Crippen LogP contribution in [0.15, 0.2) is 18.5 Å². The summed E-state index contributed by atoms with van der Waals surface area (Å²) in [6.45, 7) is 2.62. The summed E-state index contributed by atoms with van der Waals surface area (Å²) in [5.41, 5.74) is 1.37. The Morgan fingerprint density at radius 2 is 2.47 bits per heavy atom. The number of nitrogens with zero attached hydrogens (tertiary/aromatic N) is 3. The van der Waals surface area contributed by atoms with E-state index >= 15 is 0 Å². The van der Waals surface area contributed by atoms with E-state index in [0.717, 1.165) is 5.69 Å². The monoisotopic (exact) mass is 206 g/mol. The van der Waals surface area contributed by atoms with E-state index in [1.807, 2.05) is 6.92 Å². The van der Waals surface area contributed by atoms with Gasteiger partial charge in [0.2, 0.25) is 0 Å². The molecule has 0 radical (unpaired) electrons. The number of carboxylic acids is 1. The standard InChI is InChI=1S/C9H10N4O2/c1-2-13-7(3-4-11-13)8-6(9(14)15)5-10-12-8/h3-5H,2H2,1H3,(H,10,12)(H,14,15). The molecule has 6 nitrogen and oxygen atoms in total. The summed E-state index contributed by atoms with van der Waals surface area (Å²) in [5.74, 6) is -0.998. The normalized spacial score (nSPS) is 10.5. The van der Waals surface area contributed by atoms with E-state index in [-0.39, 0.29) is 5.56 Å². The molecule has 2 rings (SSSR count). The highest BCUT2D eigenvalue weighted by molar-refractivity contribution is 5.93. The number of nitrogens with one attached hydrogen (secondary N) is 1. The number of aryl methyl sites for hydroxylation is 1. The Morgan fingerprint density at radius 3 is 3.13 bits per heavy atom. The second kappa shape index (κ2) is 3.56. The van der Waals surface area contributed by atoms with E-state index in [9.17, 15) is 4.79 Å². The lowest BCUT2D eigenvalue weighted by atomic mass is 10.2. The number of aromatic nitrogens is 4. The van der Waals surface area contributed by atoms with Crippen molar-refractivity contribution in [2.75, 3.05) is 0 Å². The van der Waals surface area contributed by atoms with Gasteiger partial charge in [0.25, 0.3) is 0 Å². The van der Waals surface area contributed by atoms with Gasteiger partial charge in [-0.1, -0.05) is 0 Å². The lowest BCUT2D eigenvalue weighted by Gasteiger charge is -2.02. The number of aromatic amines is 1. The quantitative estimate of drug-likeness (QED) is 0.784. The molecule has 0 spiro atoms. The molecule has 0 fully saturated rings. The maximum atomic E-state index is 10.9. The van der Waals surface area contributed by atoms with Gasteiger partial charge in [0, 0.05) is 12.7 Å². The van der Waals surface area contributed by atoms with Gasteiger partial charge in [0.05, 0.1) is 17.6 Å². The van der Waals surface area contributed by atoms with Crippen LogP contribution in [0.5, 0.6) is 0 Å². The molecule has 15 heavy (non-hydrogen) atoms. The Kier molecular flexibility index (Phi) is 2.24. The first-order chi connectivity index (χ1) is 7.24. The molecule has 6 heteroatoms. The maximum absolute atomic E-state index is 10.9. The Hall–Kier alpha value is -2.11. The molecule has 0 aliphatic carbocycles. The highest BCUT2D eigenvalue weighted by Crippen LogP contribution is 2.20. The summed E-state index contributed by atoms with van der Waals surface area (Å²) in [7, 11) is 0. The van der Waals surface area contributed by atoms with E-state index < -0.39 is 5.97 Å². The molecule has 0 unspecified atom stereocenters. The van der Waals surface area contributed by atoms with Crippen LogP contribution in [-0.2, 0) is 6.54 Å². The molecule has 0 aliphatic heterocycles. The molecule has 2 aromatic rings. The molecule has 0 saturated carbocycles. The first kappa shape index (κ1) is 9.45. The summed E-state index contributed by atoms with van der Waals surface area (Å²) in [6, 6.07) is 1.75. The van der Waals surface area contributed by atoms with Crippen LogP contribution in [0, 0.1) is 0 Å². The smallest absolute Gasteiger partial charge is 0.339 e. The second-order valence-corrected chi connectivity index (χ2v) is 3.00. The SMILES string of the molecule is CCn1nccc1-c1[nH]ncc1C(=O)O. The van der Waals surface area contributed by atoms with E-state index in [1.54, 1.807) is 16.9 Å². The average molecular weight is 206 g/mol. The number of hydrogen-bond acceptors (Lipinski definition) is 3. The van der Waals surface area contributed by atoms with Gasteiger partial charge in [0.15, 0.2) is 0 Å². The minimum atomic E-state index is -0.998. The predicted octanol–water partition coefficient (Wildman–Crippen LogP) is 0.991. The maximum Gasteiger partial charge on any atom is 0.339 e. The molecule has 0 aliphatic rings. The van der Waals surface area contributed by atoms with Crippen molar-refractivity contribution in [1.82, 2.24) is 20.0 Å². The fourth-order valence-corrected chi connectivity index (χ4v) is 1.44. The summed E-state index contributed by atoms with van der Waals surface area (Å²) < 4.78 is 1.71. The lowest BCUT2D eigenvalue weighted by Crippen LogP contribution is -2.03. The molecule has 2 aromatic heterocycles. The third kappa shape index (κ3) is 1.50. The Bertz CT molecular complexity index is 486. The van der Waals surface area contributed by atoms with Crippen LogP contribution in [0.3, 0.4) is 0 Å². The van der Waals surface area contributed by atoms with E-state index in [1.165, 1.54) is 6.20 Å². The van der Waals surface area contributed by atoms with Crippen LogP contribution >= 0.6 is 0 Å². The molecule has 0 amide bonds. The number of H-pyrrole nitrogens is 1. The number of aromatic carboxylic acids is 1. The molecule has 0 saturated heterocycles. The van der Waals surface area contributed by atoms with Gasteiger partial charge in [-0.15, -0.1) is 0 Å². The van der Waals surface area contributed by atoms with Gasteiger partial charge in [-0.2, -0.15) is 10.2 Å². The molecule has 2 heterocycles. The third-order valence-electron chi connectivity index (χ3n) is 2.14. The van der Waals surface area contributed by atoms with Crippen molar-refractivity contribution in [2.24, 2.45) is 0 Å². The van der Waals surface area contributed by atoms with Crippen molar-refractivity contribution >= 4 is 5.97 Å². The second-order valence-electron chi connectivity index (χ2n) is 3.00. The van der Waals surface area contributed by atoms with Crippen LogP contribution < -0.4 is 0 Å². The fourth-order valence-electron chi connectivity index (χ4n) is 1.44. The summed E-state index contributed by atoms with van der Waals surface area (Å²) in [5, 5.41) is 19.4. The predicted molar refractivity (Wildman–Crippen MR) is 52.4 cm³/mol. The van der Waals surface area contributed by atoms with Gasteiger partial charge in [-0.05, 0) is 13.0 Å².